The number of aromatic nitrogens is 1. The number of pyridine rings is 1. The Hall–Kier alpha value is -1.05. The van der Waals surface area contributed by atoms with E-state index in [-0.39, 0.29) is 11.0 Å². The third kappa shape index (κ3) is 2.97. The summed E-state index contributed by atoms with van der Waals surface area (Å²) in [5.41, 5.74) is 2.16. The van der Waals surface area contributed by atoms with E-state index in [0.717, 1.165) is 11.3 Å². The highest BCUT2D eigenvalue weighted by atomic mass is 16.1. The van der Waals surface area contributed by atoms with Crippen LogP contribution in [0.5, 0.6) is 0 Å². The normalized spacial score (nSPS) is 14.2. The first-order chi connectivity index (χ1) is 7.21. The van der Waals surface area contributed by atoms with Gasteiger partial charge in [0.25, 0.3) is 0 Å². The van der Waals surface area contributed by atoms with Crippen LogP contribution in [0.25, 0.3) is 0 Å². The van der Waals surface area contributed by atoms with E-state index in [0.29, 0.717) is 11.8 Å². The quantitative estimate of drug-likeness (QED) is 0.815. The van der Waals surface area contributed by atoms with Crippen molar-refractivity contribution in [2.45, 2.75) is 52.9 Å². The molecule has 16 heavy (non-hydrogen) atoms. The standard InChI is InChI=1S/C14H23NO/c1-9(2)10(3)11-7-12(14(4,5)6)15-13(16)8-11/h7-10H,1-6H3,(H,15,16). The van der Waals surface area contributed by atoms with Crippen molar-refractivity contribution in [3.05, 3.63) is 33.7 Å². The number of hydrogen-bond acceptors (Lipinski definition) is 1. The molecule has 0 amide bonds. The van der Waals surface area contributed by atoms with Crippen molar-refractivity contribution >= 4 is 0 Å². The lowest BCUT2D eigenvalue weighted by Crippen LogP contribution is -2.21. The molecule has 1 N–H and O–H groups in total. The third-order valence-electron chi connectivity index (χ3n) is 3.20. The molecule has 1 aromatic heterocycles. The van der Waals surface area contributed by atoms with Crippen LogP contribution in [0.2, 0.25) is 0 Å². The second-order valence-electron chi connectivity index (χ2n) is 5.97. The van der Waals surface area contributed by atoms with Crippen molar-refractivity contribution < 1.29 is 0 Å². The Labute approximate surface area is 98.1 Å². The molecule has 0 aliphatic heterocycles. The summed E-state index contributed by atoms with van der Waals surface area (Å²) in [5.74, 6) is 0.970. The second-order valence-corrected chi connectivity index (χ2v) is 5.97. The van der Waals surface area contributed by atoms with Gasteiger partial charge in [-0.05, 0) is 23.5 Å². The molecule has 1 aromatic rings. The Balaban J connectivity index is 3.24. The maximum absolute atomic E-state index is 11.6. The summed E-state index contributed by atoms with van der Waals surface area (Å²) >= 11 is 0. The zero-order chi connectivity index (χ0) is 12.5. The Morgan fingerprint density at radius 3 is 2.12 bits per heavy atom. The molecule has 1 atom stereocenters. The number of hydrogen-bond donors (Lipinski definition) is 1. The van der Waals surface area contributed by atoms with E-state index in [1.807, 2.05) is 0 Å². The minimum Gasteiger partial charge on any atom is -0.326 e. The van der Waals surface area contributed by atoms with Crippen molar-refractivity contribution in [2.24, 2.45) is 5.92 Å². The zero-order valence-corrected chi connectivity index (χ0v) is 11.2. The van der Waals surface area contributed by atoms with Crippen molar-refractivity contribution in [3.8, 4) is 0 Å². The van der Waals surface area contributed by atoms with Crippen LogP contribution >= 0.6 is 0 Å². The van der Waals surface area contributed by atoms with Gasteiger partial charge in [-0.3, -0.25) is 4.79 Å². The zero-order valence-electron chi connectivity index (χ0n) is 11.2. The maximum Gasteiger partial charge on any atom is 0.248 e. The lowest BCUT2D eigenvalue weighted by atomic mass is 9.86. The third-order valence-corrected chi connectivity index (χ3v) is 3.20. The first kappa shape index (κ1) is 13.0. The summed E-state index contributed by atoms with van der Waals surface area (Å²) in [4.78, 5) is 14.6. The molecule has 0 saturated carbocycles. The number of H-pyrrole nitrogens is 1. The van der Waals surface area contributed by atoms with Crippen LogP contribution in [0, 0.1) is 5.92 Å². The molecule has 0 spiro atoms. The van der Waals surface area contributed by atoms with E-state index in [1.165, 1.54) is 0 Å². The highest BCUT2D eigenvalue weighted by Crippen LogP contribution is 2.26. The first-order valence-corrected chi connectivity index (χ1v) is 5.96. The van der Waals surface area contributed by atoms with Gasteiger partial charge < -0.3 is 4.98 Å². The van der Waals surface area contributed by atoms with Gasteiger partial charge in [-0.15, -0.1) is 0 Å². The van der Waals surface area contributed by atoms with Gasteiger partial charge in [-0.2, -0.15) is 0 Å². The molecule has 0 radical (unpaired) electrons. The summed E-state index contributed by atoms with van der Waals surface area (Å²) in [6.45, 7) is 12.9. The van der Waals surface area contributed by atoms with E-state index in [9.17, 15) is 4.79 Å². The van der Waals surface area contributed by atoms with E-state index >= 15 is 0 Å². The molecule has 1 heterocycles. The molecule has 90 valence electrons. The molecule has 0 aliphatic carbocycles. The van der Waals surface area contributed by atoms with Crippen LogP contribution in [0.1, 0.15) is 58.7 Å². The van der Waals surface area contributed by atoms with Gasteiger partial charge in [0.2, 0.25) is 5.56 Å². The highest BCUT2D eigenvalue weighted by molar-refractivity contribution is 5.24. The second kappa shape index (κ2) is 4.44. The highest BCUT2D eigenvalue weighted by Gasteiger charge is 2.18. The predicted molar refractivity (Wildman–Crippen MR) is 69.0 cm³/mol. The van der Waals surface area contributed by atoms with Crippen LogP contribution in [0.15, 0.2) is 16.9 Å². The Bertz CT molecular complexity index is 409. The monoisotopic (exact) mass is 221 g/mol. The largest absolute Gasteiger partial charge is 0.326 e. The van der Waals surface area contributed by atoms with Crippen LogP contribution < -0.4 is 5.56 Å². The molecular weight excluding hydrogens is 198 g/mol. The minimum absolute atomic E-state index is 0.00807. The fourth-order valence-electron chi connectivity index (χ4n) is 1.62. The van der Waals surface area contributed by atoms with Gasteiger partial charge in [0, 0.05) is 17.2 Å². The van der Waals surface area contributed by atoms with Crippen LogP contribution in [-0.2, 0) is 5.41 Å². The molecule has 0 aliphatic rings. The Morgan fingerprint density at radius 2 is 1.69 bits per heavy atom. The van der Waals surface area contributed by atoms with Crippen molar-refractivity contribution in [2.75, 3.05) is 0 Å². The molecule has 1 unspecified atom stereocenters. The smallest absolute Gasteiger partial charge is 0.248 e. The molecular formula is C14H23NO. The van der Waals surface area contributed by atoms with Crippen molar-refractivity contribution in [3.63, 3.8) is 0 Å². The molecule has 0 bridgehead atoms. The van der Waals surface area contributed by atoms with Gasteiger partial charge in [0.05, 0.1) is 0 Å². The van der Waals surface area contributed by atoms with Gasteiger partial charge >= 0.3 is 0 Å². The van der Waals surface area contributed by atoms with Crippen LogP contribution in [0.4, 0.5) is 0 Å². The average molecular weight is 221 g/mol. The lowest BCUT2D eigenvalue weighted by molar-refractivity contribution is 0.525. The first-order valence-electron chi connectivity index (χ1n) is 5.96. The lowest BCUT2D eigenvalue weighted by Gasteiger charge is -2.22. The number of nitrogens with one attached hydrogen (secondary N) is 1. The van der Waals surface area contributed by atoms with Gasteiger partial charge in [0.1, 0.15) is 0 Å². The SMILES string of the molecule is CC(C)C(C)c1cc(C(C)(C)C)[nH]c(=O)c1. The molecule has 2 nitrogen and oxygen atoms in total. The molecule has 2 heteroatoms. The summed E-state index contributed by atoms with van der Waals surface area (Å²) in [6.07, 6.45) is 0. The molecule has 0 aromatic carbocycles. The number of aromatic amines is 1. The Kier molecular flexibility index (Phi) is 3.61. The molecule has 0 saturated heterocycles. The van der Waals surface area contributed by atoms with Gasteiger partial charge in [-0.25, -0.2) is 0 Å². The summed E-state index contributed by atoms with van der Waals surface area (Å²) in [5, 5.41) is 0. The molecule has 1 rings (SSSR count). The van der Waals surface area contributed by atoms with E-state index in [2.05, 4.69) is 52.6 Å². The average Bonchev–Trinajstić information content (AvgIpc) is 2.14. The minimum atomic E-state index is -0.00807. The van der Waals surface area contributed by atoms with Crippen LogP contribution in [0.3, 0.4) is 0 Å². The summed E-state index contributed by atoms with van der Waals surface area (Å²) in [7, 11) is 0. The predicted octanol–water partition coefficient (Wildman–Crippen LogP) is 3.43. The fraction of sp³-hybridized carbons (Fsp3) is 0.643. The van der Waals surface area contributed by atoms with E-state index in [4.69, 9.17) is 0 Å². The van der Waals surface area contributed by atoms with E-state index < -0.39 is 0 Å². The van der Waals surface area contributed by atoms with Crippen molar-refractivity contribution in [1.82, 2.24) is 4.98 Å². The van der Waals surface area contributed by atoms with Gasteiger partial charge in [0.15, 0.2) is 0 Å². The fourth-order valence-corrected chi connectivity index (χ4v) is 1.62. The summed E-state index contributed by atoms with van der Waals surface area (Å²) < 4.78 is 0. The number of rotatable bonds is 2. The maximum atomic E-state index is 11.6. The van der Waals surface area contributed by atoms with E-state index in [1.54, 1.807) is 6.07 Å². The van der Waals surface area contributed by atoms with Crippen molar-refractivity contribution in [1.29, 1.82) is 0 Å². The topological polar surface area (TPSA) is 32.9 Å². The van der Waals surface area contributed by atoms with Crippen LogP contribution in [-0.4, -0.2) is 4.98 Å². The Morgan fingerprint density at radius 1 is 1.12 bits per heavy atom. The molecule has 0 fully saturated rings. The summed E-state index contributed by atoms with van der Waals surface area (Å²) in [6, 6.07) is 3.85. The van der Waals surface area contributed by atoms with Gasteiger partial charge in [-0.1, -0.05) is 41.5 Å².